The minimum absolute atomic E-state index is 0.0953. The van der Waals surface area contributed by atoms with Gasteiger partial charge in [0.25, 0.3) is 5.56 Å². The Kier molecular flexibility index (Phi) is 5.69. The molecule has 3 aromatic rings. The Hall–Kier alpha value is -2.97. The smallest absolute Gasteiger partial charge is 0.255 e. The van der Waals surface area contributed by atoms with Crippen LogP contribution in [0.5, 0.6) is 0 Å². The number of sulfonamides is 1. The largest absolute Gasteiger partial charge is 0.352 e. The summed E-state index contributed by atoms with van der Waals surface area (Å²) in [5, 5.41) is 4.33. The molecule has 1 aromatic heterocycles. The number of aromatic nitrogens is 1. The maximum Gasteiger partial charge on any atom is 0.255 e. The van der Waals surface area contributed by atoms with Gasteiger partial charge >= 0.3 is 0 Å². The average molecular weight is 426 g/mol. The van der Waals surface area contributed by atoms with E-state index in [0.29, 0.717) is 37.9 Å². The number of carbonyl (C=O) groups is 1. The Morgan fingerprint density at radius 3 is 2.33 bits per heavy atom. The summed E-state index contributed by atoms with van der Waals surface area (Å²) in [5.74, 6) is -0.330. The summed E-state index contributed by atoms with van der Waals surface area (Å²) in [6.45, 7) is 0.937. The van der Waals surface area contributed by atoms with Crippen molar-refractivity contribution in [3.8, 4) is 0 Å². The first-order valence-corrected chi connectivity index (χ1v) is 11.3. The maximum absolute atomic E-state index is 12.7. The number of carbonyl (C=O) groups excluding carboxylic acids is 1. The van der Waals surface area contributed by atoms with E-state index in [2.05, 4.69) is 10.3 Å². The SMILES string of the molecule is O=C(NCc1c[nH]c(=O)c2ccccc12)C1CCN(S(=O)(=O)c2ccccc2)CC1. The molecule has 30 heavy (non-hydrogen) atoms. The third kappa shape index (κ3) is 4.01. The second kappa shape index (κ2) is 8.41. The summed E-state index contributed by atoms with van der Waals surface area (Å²) in [7, 11) is -3.53. The van der Waals surface area contributed by atoms with Crippen molar-refractivity contribution in [3.05, 3.63) is 76.7 Å². The van der Waals surface area contributed by atoms with Gasteiger partial charge in [0.1, 0.15) is 0 Å². The van der Waals surface area contributed by atoms with Crippen molar-refractivity contribution >= 4 is 26.7 Å². The molecule has 1 saturated heterocycles. The van der Waals surface area contributed by atoms with Crippen molar-refractivity contribution in [1.29, 1.82) is 0 Å². The quantitative estimate of drug-likeness (QED) is 0.655. The summed E-state index contributed by atoms with van der Waals surface area (Å²) < 4.78 is 26.9. The van der Waals surface area contributed by atoms with Crippen LogP contribution in [0.25, 0.3) is 10.8 Å². The molecule has 0 radical (unpaired) electrons. The first kappa shape index (κ1) is 20.3. The average Bonchev–Trinajstić information content (AvgIpc) is 2.79. The third-order valence-electron chi connectivity index (χ3n) is 5.55. The highest BCUT2D eigenvalue weighted by atomic mass is 32.2. The predicted octanol–water partition coefficient (Wildman–Crippen LogP) is 2.25. The molecule has 0 saturated carbocycles. The molecule has 0 unspecified atom stereocenters. The number of hydrogen-bond acceptors (Lipinski definition) is 4. The van der Waals surface area contributed by atoms with E-state index in [1.807, 2.05) is 12.1 Å². The van der Waals surface area contributed by atoms with E-state index >= 15 is 0 Å². The van der Waals surface area contributed by atoms with E-state index in [4.69, 9.17) is 0 Å². The molecule has 8 heteroatoms. The molecule has 4 rings (SSSR count). The lowest BCUT2D eigenvalue weighted by molar-refractivity contribution is -0.126. The van der Waals surface area contributed by atoms with Gasteiger partial charge in [-0.05, 0) is 42.0 Å². The van der Waals surface area contributed by atoms with E-state index in [1.165, 1.54) is 4.31 Å². The fraction of sp³-hybridized carbons (Fsp3) is 0.273. The van der Waals surface area contributed by atoms with Gasteiger partial charge in [-0.3, -0.25) is 9.59 Å². The van der Waals surface area contributed by atoms with E-state index in [1.54, 1.807) is 48.7 Å². The van der Waals surface area contributed by atoms with Crippen molar-refractivity contribution < 1.29 is 13.2 Å². The van der Waals surface area contributed by atoms with Gasteiger partial charge in [-0.1, -0.05) is 36.4 Å². The molecule has 1 aliphatic heterocycles. The lowest BCUT2D eigenvalue weighted by atomic mass is 9.97. The van der Waals surface area contributed by atoms with Crippen LogP contribution in [0.4, 0.5) is 0 Å². The number of piperidine rings is 1. The first-order valence-electron chi connectivity index (χ1n) is 9.89. The van der Waals surface area contributed by atoms with Gasteiger partial charge in [-0.25, -0.2) is 8.42 Å². The van der Waals surface area contributed by atoms with Crippen LogP contribution in [0.1, 0.15) is 18.4 Å². The Labute approximate surface area is 174 Å². The second-order valence-electron chi connectivity index (χ2n) is 7.40. The second-order valence-corrected chi connectivity index (χ2v) is 9.34. The molecule has 0 aliphatic carbocycles. The molecule has 0 bridgehead atoms. The molecular weight excluding hydrogens is 402 g/mol. The number of rotatable bonds is 5. The molecule has 1 aliphatic rings. The van der Waals surface area contributed by atoms with Gasteiger partial charge in [-0.15, -0.1) is 0 Å². The lowest BCUT2D eigenvalue weighted by Crippen LogP contribution is -2.42. The van der Waals surface area contributed by atoms with Gasteiger partial charge in [0.2, 0.25) is 15.9 Å². The molecule has 2 N–H and O–H groups in total. The van der Waals surface area contributed by atoms with Crippen molar-refractivity contribution in [2.24, 2.45) is 5.92 Å². The summed E-state index contributed by atoms with van der Waals surface area (Å²) in [5.41, 5.74) is 0.676. The third-order valence-corrected chi connectivity index (χ3v) is 7.47. The minimum Gasteiger partial charge on any atom is -0.352 e. The summed E-state index contributed by atoms with van der Waals surface area (Å²) in [6.07, 6.45) is 2.58. The summed E-state index contributed by atoms with van der Waals surface area (Å²) in [4.78, 5) is 27.6. The van der Waals surface area contributed by atoms with Crippen molar-refractivity contribution in [1.82, 2.24) is 14.6 Å². The number of aromatic amines is 1. The Balaban J connectivity index is 1.38. The van der Waals surface area contributed by atoms with Crippen molar-refractivity contribution in [2.75, 3.05) is 13.1 Å². The van der Waals surface area contributed by atoms with Gasteiger partial charge < -0.3 is 10.3 Å². The van der Waals surface area contributed by atoms with Crippen LogP contribution in [0.2, 0.25) is 0 Å². The highest BCUT2D eigenvalue weighted by molar-refractivity contribution is 7.89. The molecular formula is C22H23N3O4S. The van der Waals surface area contributed by atoms with Gasteiger partial charge in [0.15, 0.2) is 0 Å². The summed E-state index contributed by atoms with van der Waals surface area (Å²) >= 11 is 0. The fourth-order valence-electron chi connectivity index (χ4n) is 3.84. The van der Waals surface area contributed by atoms with Crippen molar-refractivity contribution in [3.63, 3.8) is 0 Å². The molecule has 0 spiro atoms. The van der Waals surface area contributed by atoms with E-state index < -0.39 is 10.0 Å². The standard InChI is InChI=1S/C22H23N3O4S/c26-21(23-14-17-15-24-22(27)20-9-5-4-8-19(17)20)16-10-12-25(13-11-16)30(28,29)18-6-2-1-3-7-18/h1-9,15-16H,10-14H2,(H,23,26)(H,24,27). The molecule has 7 nitrogen and oxygen atoms in total. The molecule has 1 amide bonds. The first-order chi connectivity index (χ1) is 14.5. The number of pyridine rings is 1. The normalized spacial score (nSPS) is 15.9. The molecule has 2 heterocycles. The van der Waals surface area contributed by atoms with E-state index in [9.17, 15) is 18.0 Å². The van der Waals surface area contributed by atoms with Crippen LogP contribution >= 0.6 is 0 Å². The predicted molar refractivity (Wildman–Crippen MR) is 114 cm³/mol. The lowest BCUT2D eigenvalue weighted by Gasteiger charge is -2.30. The number of benzene rings is 2. The van der Waals surface area contributed by atoms with Gasteiger partial charge in [-0.2, -0.15) is 4.31 Å². The number of nitrogens with one attached hydrogen (secondary N) is 2. The van der Waals surface area contributed by atoms with Crippen LogP contribution in [0.3, 0.4) is 0 Å². The van der Waals surface area contributed by atoms with E-state index in [0.717, 1.165) is 10.9 Å². The number of hydrogen-bond donors (Lipinski definition) is 2. The zero-order chi connectivity index (χ0) is 21.1. The van der Waals surface area contributed by atoms with E-state index in [-0.39, 0.29) is 22.3 Å². The molecule has 1 fully saturated rings. The van der Waals surface area contributed by atoms with Crippen LogP contribution in [-0.4, -0.2) is 36.7 Å². The Morgan fingerprint density at radius 1 is 1.00 bits per heavy atom. The summed E-state index contributed by atoms with van der Waals surface area (Å²) in [6, 6.07) is 15.6. The van der Waals surface area contributed by atoms with Crippen molar-refractivity contribution in [2.45, 2.75) is 24.3 Å². The molecule has 0 atom stereocenters. The number of nitrogens with zero attached hydrogens (tertiary/aromatic N) is 1. The number of H-pyrrole nitrogens is 1. The number of fused-ring (bicyclic) bond motifs is 1. The Morgan fingerprint density at radius 2 is 1.63 bits per heavy atom. The zero-order valence-electron chi connectivity index (χ0n) is 16.4. The fourth-order valence-corrected chi connectivity index (χ4v) is 5.33. The Bertz CT molecular complexity index is 1210. The topological polar surface area (TPSA) is 99.3 Å². The number of amides is 1. The minimum atomic E-state index is -3.53. The zero-order valence-corrected chi connectivity index (χ0v) is 17.2. The van der Waals surface area contributed by atoms with Crippen LogP contribution in [-0.2, 0) is 21.4 Å². The van der Waals surface area contributed by atoms with Gasteiger partial charge in [0.05, 0.1) is 4.90 Å². The van der Waals surface area contributed by atoms with Crippen LogP contribution in [0.15, 0.2) is 70.5 Å². The maximum atomic E-state index is 12.7. The van der Waals surface area contributed by atoms with Crippen LogP contribution < -0.4 is 10.9 Å². The molecule has 156 valence electrons. The highest BCUT2D eigenvalue weighted by Crippen LogP contribution is 2.24. The van der Waals surface area contributed by atoms with Crippen LogP contribution in [0, 0.1) is 5.92 Å². The van der Waals surface area contributed by atoms with Gasteiger partial charge in [0, 0.05) is 37.1 Å². The highest BCUT2D eigenvalue weighted by Gasteiger charge is 2.31. The molecule has 2 aromatic carbocycles. The monoisotopic (exact) mass is 425 g/mol.